The lowest BCUT2D eigenvalue weighted by Gasteiger charge is -2.19. The number of hydrogen-bond donors (Lipinski definition) is 0. The van der Waals surface area contributed by atoms with Crippen LogP contribution in [0.1, 0.15) is 31.9 Å². The molecule has 0 spiro atoms. The average molecular weight is 231 g/mol. The van der Waals surface area contributed by atoms with Crippen molar-refractivity contribution in [2.45, 2.75) is 37.4 Å². The summed E-state index contributed by atoms with van der Waals surface area (Å²) in [5.41, 5.74) is 2.73. The van der Waals surface area contributed by atoms with Crippen molar-refractivity contribution in [2.75, 3.05) is 0 Å². The molecule has 0 fully saturated rings. The Morgan fingerprint density at radius 3 is 1.93 bits per heavy atom. The first-order valence-electron chi connectivity index (χ1n) is 4.77. The molecule has 1 aromatic carbocycles. The van der Waals surface area contributed by atoms with Crippen molar-refractivity contribution in [3.8, 4) is 0 Å². The highest BCUT2D eigenvalue weighted by atomic mass is 35.5. The lowest BCUT2D eigenvalue weighted by Crippen LogP contribution is -2.10. The number of hydrogen-bond acceptors (Lipinski definition) is 0. The van der Waals surface area contributed by atoms with Crippen molar-refractivity contribution >= 4 is 23.2 Å². The number of halogens is 2. The van der Waals surface area contributed by atoms with Crippen molar-refractivity contribution in [3.63, 3.8) is 0 Å². The van der Waals surface area contributed by atoms with Gasteiger partial charge in [-0.25, -0.2) is 0 Å². The number of benzene rings is 1. The van der Waals surface area contributed by atoms with E-state index in [1.807, 2.05) is 0 Å². The molecule has 0 atom stereocenters. The highest BCUT2D eigenvalue weighted by Gasteiger charge is 2.12. The zero-order valence-electron chi connectivity index (χ0n) is 8.85. The second-order valence-electron chi connectivity index (χ2n) is 4.54. The predicted molar refractivity (Wildman–Crippen MR) is 64.3 cm³/mol. The molecule has 0 amide bonds. The molecule has 14 heavy (non-hydrogen) atoms. The summed E-state index contributed by atoms with van der Waals surface area (Å²) >= 11 is 11.4. The van der Waals surface area contributed by atoms with Crippen LogP contribution < -0.4 is 0 Å². The highest BCUT2D eigenvalue weighted by Crippen LogP contribution is 2.23. The fourth-order valence-electron chi connectivity index (χ4n) is 1.32. The first-order chi connectivity index (χ1) is 6.39. The molecule has 0 saturated heterocycles. The molecular formula is C12H16Cl2. The molecule has 1 rings (SSSR count). The molecule has 0 nitrogen and oxygen atoms in total. The van der Waals surface area contributed by atoms with Crippen LogP contribution in [0.5, 0.6) is 0 Å². The molecule has 0 aliphatic carbocycles. The van der Waals surface area contributed by atoms with Gasteiger partial charge in [0.1, 0.15) is 4.84 Å². The van der Waals surface area contributed by atoms with E-state index >= 15 is 0 Å². The summed E-state index contributed by atoms with van der Waals surface area (Å²) < 4.78 is 0. The van der Waals surface area contributed by atoms with Gasteiger partial charge in [0.25, 0.3) is 0 Å². The van der Waals surface area contributed by atoms with Crippen molar-refractivity contribution in [2.24, 2.45) is 0 Å². The van der Waals surface area contributed by atoms with Crippen LogP contribution in [0.2, 0.25) is 0 Å². The van der Waals surface area contributed by atoms with Crippen molar-refractivity contribution in [1.29, 1.82) is 0 Å². The van der Waals surface area contributed by atoms with E-state index in [-0.39, 0.29) is 10.3 Å². The van der Waals surface area contributed by atoms with E-state index in [2.05, 4.69) is 45.0 Å². The molecule has 0 aromatic heterocycles. The monoisotopic (exact) mass is 230 g/mol. The summed E-state index contributed by atoms with van der Waals surface area (Å²) in [7, 11) is 0. The Bertz CT molecular complexity index is 280. The minimum absolute atomic E-state index is 0.208. The van der Waals surface area contributed by atoms with Gasteiger partial charge in [-0.3, -0.25) is 0 Å². The molecule has 0 bridgehead atoms. The quantitative estimate of drug-likeness (QED) is 0.664. The molecule has 0 radical (unpaired) electrons. The van der Waals surface area contributed by atoms with Crippen LogP contribution in [0, 0.1) is 0 Å². The van der Waals surface area contributed by atoms with E-state index in [1.165, 1.54) is 11.1 Å². The van der Waals surface area contributed by atoms with Gasteiger partial charge in [-0.2, -0.15) is 0 Å². The van der Waals surface area contributed by atoms with E-state index in [4.69, 9.17) is 23.2 Å². The van der Waals surface area contributed by atoms with E-state index in [0.717, 1.165) is 0 Å². The van der Waals surface area contributed by atoms with Crippen LogP contribution in [0.3, 0.4) is 0 Å². The Hall–Kier alpha value is -0.200. The van der Waals surface area contributed by atoms with Crippen LogP contribution in [0.25, 0.3) is 0 Å². The van der Waals surface area contributed by atoms with Crippen molar-refractivity contribution in [3.05, 3.63) is 35.4 Å². The molecule has 0 aliphatic rings. The van der Waals surface area contributed by atoms with Gasteiger partial charge in [-0.15, -0.1) is 23.2 Å². The maximum absolute atomic E-state index is 5.71. The third-order valence-electron chi connectivity index (χ3n) is 2.21. The molecule has 0 saturated carbocycles. The topological polar surface area (TPSA) is 0 Å². The number of rotatable bonds is 2. The van der Waals surface area contributed by atoms with Crippen LogP contribution in [-0.2, 0) is 11.8 Å². The first kappa shape index (κ1) is 11.9. The molecule has 1 aromatic rings. The fourth-order valence-corrected chi connectivity index (χ4v) is 1.68. The third-order valence-corrected chi connectivity index (χ3v) is 2.52. The number of alkyl halides is 2. The van der Waals surface area contributed by atoms with Gasteiger partial charge in [0.2, 0.25) is 0 Å². The summed E-state index contributed by atoms with van der Waals surface area (Å²) in [4.78, 5) is -0.310. The van der Waals surface area contributed by atoms with Gasteiger partial charge in [0.15, 0.2) is 0 Å². The second-order valence-corrected chi connectivity index (χ2v) is 5.82. The summed E-state index contributed by atoms with van der Waals surface area (Å²) in [5, 5.41) is 0. The van der Waals surface area contributed by atoms with E-state index < -0.39 is 0 Å². The lowest BCUT2D eigenvalue weighted by atomic mass is 9.86. The normalized spacial score (nSPS) is 12.1. The lowest BCUT2D eigenvalue weighted by molar-refractivity contribution is 0.590. The minimum Gasteiger partial charge on any atom is -0.105 e. The van der Waals surface area contributed by atoms with Crippen molar-refractivity contribution in [1.82, 2.24) is 0 Å². The fraction of sp³-hybridized carbons (Fsp3) is 0.500. The molecule has 2 heteroatoms. The largest absolute Gasteiger partial charge is 0.111 e. The maximum atomic E-state index is 5.71. The maximum Gasteiger partial charge on any atom is 0.111 e. The van der Waals surface area contributed by atoms with Gasteiger partial charge >= 0.3 is 0 Å². The van der Waals surface area contributed by atoms with Crippen LogP contribution >= 0.6 is 23.2 Å². The van der Waals surface area contributed by atoms with Crippen LogP contribution in [-0.4, -0.2) is 4.84 Å². The zero-order chi connectivity index (χ0) is 10.8. The summed E-state index contributed by atoms with van der Waals surface area (Å²) in [5.74, 6) is 0. The zero-order valence-corrected chi connectivity index (χ0v) is 10.4. The van der Waals surface area contributed by atoms with Gasteiger partial charge < -0.3 is 0 Å². The Labute approximate surface area is 96.2 Å². The SMILES string of the molecule is CC(C)(C)c1ccc(CC(Cl)Cl)cc1. The van der Waals surface area contributed by atoms with Gasteiger partial charge in [0, 0.05) is 6.42 Å². The summed E-state index contributed by atoms with van der Waals surface area (Å²) in [6, 6.07) is 8.48. The smallest absolute Gasteiger partial charge is 0.105 e. The minimum atomic E-state index is -0.310. The van der Waals surface area contributed by atoms with Gasteiger partial charge in [0.05, 0.1) is 0 Å². The standard InChI is InChI=1S/C12H16Cl2/c1-12(2,3)10-6-4-9(5-7-10)8-11(13)14/h4-7,11H,8H2,1-3H3. The van der Waals surface area contributed by atoms with Crippen molar-refractivity contribution < 1.29 is 0 Å². The molecule has 0 aliphatic heterocycles. The summed E-state index contributed by atoms with van der Waals surface area (Å²) in [6.07, 6.45) is 0.716. The summed E-state index contributed by atoms with van der Waals surface area (Å²) in [6.45, 7) is 6.61. The predicted octanol–water partition coefficient (Wildman–Crippen LogP) is 4.33. The van der Waals surface area contributed by atoms with E-state index in [9.17, 15) is 0 Å². The Morgan fingerprint density at radius 1 is 1.07 bits per heavy atom. The molecule has 0 heterocycles. The molecule has 0 unspecified atom stereocenters. The van der Waals surface area contributed by atoms with E-state index in [1.54, 1.807) is 0 Å². The van der Waals surface area contributed by atoms with E-state index in [0.29, 0.717) is 6.42 Å². The van der Waals surface area contributed by atoms with Crippen LogP contribution in [0.4, 0.5) is 0 Å². The molecule has 78 valence electrons. The Balaban J connectivity index is 2.79. The second kappa shape index (κ2) is 4.55. The third kappa shape index (κ3) is 3.51. The first-order valence-corrected chi connectivity index (χ1v) is 5.64. The Kier molecular flexibility index (Phi) is 3.86. The van der Waals surface area contributed by atoms with Crippen LogP contribution in [0.15, 0.2) is 24.3 Å². The molecule has 0 N–H and O–H groups in total. The van der Waals surface area contributed by atoms with Gasteiger partial charge in [-0.1, -0.05) is 45.0 Å². The highest BCUT2D eigenvalue weighted by molar-refractivity contribution is 6.44. The Morgan fingerprint density at radius 2 is 1.57 bits per heavy atom. The molecular weight excluding hydrogens is 215 g/mol. The average Bonchev–Trinajstić information content (AvgIpc) is 2.02. The van der Waals surface area contributed by atoms with Gasteiger partial charge in [-0.05, 0) is 16.5 Å².